The van der Waals surface area contributed by atoms with Crippen LogP contribution in [0.15, 0.2) is 30.3 Å². The van der Waals surface area contributed by atoms with E-state index in [0.29, 0.717) is 11.1 Å². The van der Waals surface area contributed by atoms with Crippen molar-refractivity contribution in [1.82, 2.24) is 0 Å². The van der Waals surface area contributed by atoms with E-state index in [0.717, 1.165) is 5.56 Å². The number of Topliss-reactive ketones (excluding diaryl/α,β-unsaturated/α-hetero) is 1. The Bertz CT molecular complexity index is 436. The van der Waals surface area contributed by atoms with Crippen LogP contribution < -0.4 is 0 Å². The Hall–Kier alpha value is -0.695. The van der Waals surface area contributed by atoms with Gasteiger partial charge in [-0.15, -0.1) is 0 Å². The van der Waals surface area contributed by atoms with Crippen molar-refractivity contribution in [3.8, 4) is 0 Å². The first kappa shape index (κ1) is 22.3. The lowest BCUT2D eigenvalue weighted by atomic mass is 9.11. The van der Waals surface area contributed by atoms with Crippen LogP contribution in [-0.2, 0) is 10.9 Å². The molecule has 0 amide bonds. The summed E-state index contributed by atoms with van der Waals surface area (Å²) < 4.78 is 0. The van der Waals surface area contributed by atoms with Crippen LogP contribution in [0.2, 0.25) is 24.3 Å². The Kier molecular flexibility index (Phi) is 9.92. The van der Waals surface area contributed by atoms with Gasteiger partial charge in [0, 0.05) is 11.7 Å². The largest absolute Gasteiger partial charge is 0.289 e. The fourth-order valence-electron chi connectivity index (χ4n) is 3.67. The van der Waals surface area contributed by atoms with Crippen molar-refractivity contribution in [3.05, 3.63) is 35.9 Å². The highest BCUT2D eigenvalue weighted by Gasteiger charge is 2.30. The second kappa shape index (κ2) is 10.2. The van der Waals surface area contributed by atoms with Crippen molar-refractivity contribution in [2.24, 2.45) is 0 Å². The van der Waals surface area contributed by atoms with Crippen molar-refractivity contribution in [2.75, 3.05) is 18.3 Å². The molecule has 3 heteroatoms. The van der Waals surface area contributed by atoms with Gasteiger partial charge < -0.3 is 0 Å². The predicted molar refractivity (Wildman–Crippen MR) is 112 cm³/mol. The first-order chi connectivity index (χ1) is 10.6. The van der Waals surface area contributed by atoms with E-state index in [1.807, 2.05) is 30.3 Å². The summed E-state index contributed by atoms with van der Waals surface area (Å²) in [6.07, 6.45) is 8.18. The van der Waals surface area contributed by atoms with Gasteiger partial charge in [0.2, 0.25) is 5.78 Å². The van der Waals surface area contributed by atoms with Gasteiger partial charge in [-0.25, -0.2) is 0 Å². The molecule has 0 atom stereocenters. The third-order valence-corrected chi connectivity index (χ3v) is 6.54. The van der Waals surface area contributed by atoms with Gasteiger partial charge >= 0.3 is 0 Å². The number of benzene rings is 1. The van der Waals surface area contributed by atoms with E-state index in [1.165, 1.54) is 19.0 Å². The molecule has 0 spiro atoms. The van der Waals surface area contributed by atoms with E-state index < -0.39 is 0 Å². The lowest BCUT2D eigenvalue weighted by molar-refractivity contribution is 0.102. The van der Waals surface area contributed by atoms with Crippen LogP contribution in [-0.4, -0.2) is 30.2 Å². The number of rotatable bonds is 6. The minimum absolute atomic E-state index is 0.104. The molecule has 0 aliphatic rings. The zero-order chi connectivity index (χ0) is 18.1. The summed E-state index contributed by atoms with van der Waals surface area (Å²) in [6, 6.07) is 9.46. The second-order valence-electron chi connectivity index (χ2n) is 7.99. The van der Waals surface area contributed by atoms with Crippen LogP contribution in [0.25, 0.3) is 0 Å². The van der Waals surface area contributed by atoms with Gasteiger partial charge in [-0.05, 0) is 10.9 Å². The summed E-state index contributed by atoms with van der Waals surface area (Å²) in [7, 11) is 0.204. The highest BCUT2D eigenvalue weighted by molar-refractivity contribution is 7.96. The molecule has 0 radical (unpaired) electrons. The lowest BCUT2D eigenvalue weighted by Gasteiger charge is -2.49. The topological polar surface area (TPSA) is 17.1 Å². The Balaban J connectivity index is 0.000000423. The highest BCUT2D eigenvalue weighted by Crippen LogP contribution is 2.43. The molecule has 132 valence electrons. The van der Waals surface area contributed by atoms with Crippen LogP contribution in [0.1, 0.15) is 51.9 Å². The molecule has 1 aromatic carbocycles. The molecule has 0 bridgehead atoms. The molecule has 0 heterocycles. The molecule has 0 aromatic heterocycles. The molecule has 1 aromatic rings. The van der Waals surface area contributed by atoms with Crippen molar-refractivity contribution < 1.29 is 4.79 Å². The monoisotopic (exact) mass is 336 g/mol. The normalized spacial score (nSPS) is 11.9. The maximum absolute atomic E-state index is 11.5. The van der Waals surface area contributed by atoms with Gasteiger partial charge in [0.05, 0.1) is 12.5 Å². The van der Waals surface area contributed by atoms with Crippen LogP contribution in [0.3, 0.4) is 0 Å². The maximum atomic E-state index is 11.5. The van der Waals surface area contributed by atoms with Gasteiger partial charge in [-0.3, -0.25) is 4.79 Å². The average molecular weight is 336 g/mol. The molecule has 1 nitrogen and oxygen atoms in total. The molecule has 0 saturated heterocycles. The Morgan fingerprint density at radius 3 is 1.65 bits per heavy atom. The van der Waals surface area contributed by atoms with E-state index >= 15 is 0 Å². The van der Waals surface area contributed by atoms with E-state index in [9.17, 15) is 4.79 Å². The lowest BCUT2D eigenvalue weighted by Crippen LogP contribution is -2.41. The number of hydrogen-bond acceptors (Lipinski definition) is 1. The molecule has 0 unspecified atom stereocenters. The summed E-state index contributed by atoms with van der Waals surface area (Å²) in [5.74, 6) is 0.924. The van der Waals surface area contributed by atoms with E-state index in [-0.39, 0.29) is 22.8 Å². The number of carbonyl (C=O) groups excluding carboxylic acids is 1. The first-order valence-corrected chi connectivity index (χ1v) is 11.2. The van der Waals surface area contributed by atoms with Gasteiger partial charge in [0.1, 0.15) is 0 Å². The minimum Gasteiger partial charge on any atom is -0.289 e. The van der Waals surface area contributed by atoms with E-state index in [2.05, 4.69) is 54.1 Å². The van der Waals surface area contributed by atoms with Crippen LogP contribution >= 0.6 is 0 Å². The standard InChI is InChI=1S/C10H24B.C10H13OS/c1-7-11(8-2,9-3)10(4,5)6;1-12(2)8-10(11)9-6-4-3-5-7-9/h7-9H2,1-6H3;3-7H,8H2,1-2H3/q-1;+1. The Labute approximate surface area is 147 Å². The quantitative estimate of drug-likeness (QED) is 0.351. The summed E-state index contributed by atoms with van der Waals surface area (Å²) in [5, 5.41) is 0.526. The zero-order valence-electron chi connectivity index (χ0n) is 16.6. The van der Waals surface area contributed by atoms with Crippen LogP contribution in [0, 0.1) is 0 Å². The Morgan fingerprint density at radius 1 is 0.957 bits per heavy atom. The van der Waals surface area contributed by atoms with Crippen LogP contribution in [0.5, 0.6) is 0 Å². The molecule has 23 heavy (non-hydrogen) atoms. The van der Waals surface area contributed by atoms with Crippen molar-refractivity contribution in [2.45, 2.75) is 65.8 Å². The minimum atomic E-state index is -0.104. The summed E-state index contributed by atoms with van der Waals surface area (Å²) in [4.78, 5) is 11.5. The van der Waals surface area contributed by atoms with Gasteiger partial charge in [0.25, 0.3) is 0 Å². The SMILES string of the molecule is CC[B-](CC)(CC)C(C)(C)C.C[S+](C)CC(=O)c1ccccc1. The van der Waals surface area contributed by atoms with Gasteiger partial charge in [-0.1, -0.05) is 71.9 Å². The van der Waals surface area contributed by atoms with Gasteiger partial charge in [0.15, 0.2) is 5.75 Å². The maximum Gasteiger partial charge on any atom is 0.211 e. The number of hydrogen-bond donors (Lipinski definition) is 0. The summed E-state index contributed by atoms with van der Waals surface area (Å²) >= 11 is 0. The molecule has 1 rings (SSSR count). The number of carbonyl (C=O) groups is 1. The van der Waals surface area contributed by atoms with Crippen molar-refractivity contribution in [3.63, 3.8) is 0 Å². The first-order valence-electron chi connectivity index (χ1n) is 8.96. The number of ketones is 1. The average Bonchev–Trinajstić information content (AvgIpc) is 2.49. The highest BCUT2D eigenvalue weighted by atomic mass is 32.2. The molecule has 0 fully saturated rings. The second-order valence-corrected chi connectivity index (χ2v) is 10.2. The third-order valence-electron chi connectivity index (χ3n) is 5.70. The molecule has 0 aliphatic heterocycles. The van der Waals surface area contributed by atoms with Crippen molar-refractivity contribution >= 4 is 22.8 Å². The molecule has 0 N–H and O–H groups in total. The molecule has 0 saturated carbocycles. The summed E-state index contributed by atoms with van der Waals surface area (Å²) in [5.41, 5.74) is 0.832. The smallest absolute Gasteiger partial charge is 0.211 e. The fourth-order valence-corrected chi connectivity index (χ4v) is 4.36. The third kappa shape index (κ3) is 7.16. The predicted octanol–water partition coefficient (Wildman–Crippen LogP) is 6.04. The van der Waals surface area contributed by atoms with Gasteiger partial charge in [-0.2, -0.15) is 24.3 Å². The van der Waals surface area contributed by atoms with E-state index in [1.54, 1.807) is 0 Å². The molecular weight excluding hydrogens is 299 g/mol. The fraction of sp³-hybridized carbons (Fsp3) is 0.650. The van der Waals surface area contributed by atoms with E-state index in [4.69, 9.17) is 0 Å². The molecule has 0 aliphatic carbocycles. The zero-order valence-corrected chi connectivity index (χ0v) is 17.4. The summed E-state index contributed by atoms with van der Waals surface area (Å²) in [6.45, 7) is 14.2. The van der Waals surface area contributed by atoms with Crippen LogP contribution in [0.4, 0.5) is 0 Å². The Morgan fingerprint density at radius 2 is 1.39 bits per heavy atom. The van der Waals surface area contributed by atoms with Crippen molar-refractivity contribution in [1.29, 1.82) is 0 Å². The molecular formula is C20H37BOS.